The number of aromatic carboxylic acids is 1. The minimum Gasteiger partial charge on any atom is -0.477 e. The second-order valence-electron chi connectivity index (χ2n) is 3.29. The number of carbonyl (C=O) groups is 1. The van der Waals surface area contributed by atoms with E-state index >= 15 is 0 Å². The third kappa shape index (κ3) is 3.28. The van der Waals surface area contributed by atoms with E-state index in [0.29, 0.717) is 4.88 Å². The van der Waals surface area contributed by atoms with Crippen molar-refractivity contribution in [3.8, 4) is 0 Å². The second kappa shape index (κ2) is 5.82. The van der Waals surface area contributed by atoms with Gasteiger partial charge in [0.2, 0.25) is 0 Å². The minimum absolute atomic E-state index is 0.406. The first-order valence-corrected chi connectivity index (χ1v) is 5.87. The molecule has 0 unspecified atom stereocenters. The SMILES string of the molecule is CCCc1nc(CCNC)sc1C(=O)O. The lowest BCUT2D eigenvalue weighted by Gasteiger charge is -1.94. The fourth-order valence-electron chi connectivity index (χ4n) is 1.31. The summed E-state index contributed by atoms with van der Waals surface area (Å²) in [5.74, 6) is -0.855. The number of thiazole rings is 1. The predicted octanol–water partition coefficient (Wildman–Crippen LogP) is 1.56. The van der Waals surface area contributed by atoms with Gasteiger partial charge in [0, 0.05) is 13.0 Å². The van der Waals surface area contributed by atoms with E-state index < -0.39 is 5.97 Å². The summed E-state index contributed by atoms with van der Waals surface area (Å²) in [4.78, 5) is 15.7. The number of rotatable bonds is 6. The highest BCUT2D eigenvalue weighted by Crippen LogP contribution is 2.20. The molecule has 0 aliphatic heterocycles. The largest absolute Gasteiger partial charge is 0.477 e. The number of aryl methyl sites for hydroxylation is 1. The number of carboxylic acid groups (broad SMARTS) is 1. The lowest BCUT2D eigenvalue weighted by molar-refractivity contribution is 0.0700. The van der Waals surface area contributed by atoms with Gasteiger partial charge in [-0.1, -0.05) is 13.3 Å². The molecule has 0 bridgehead atoms. The lowest BCUT2D eigenvalue weighted by atomic mass is 10.2. The Hall–Kier alpha value is -0.940. The van der Waals surface area contributed by atoms with Crippen LogP contribution in [-0.4, -0.2) is 29.7 Å². The van der Waals surface area contributed by atoms with E-state index in [1.165, 1.54) is 11.3 Å². The smallest absolute Gasteiger partial charge is 0.347 e. The van der Waals surface area contributed by atoms with Gasteiger partial charge in [-0.3, -0.25) is 0 Å². The van der Waals surface area contributed by atoms with E-state index in [2.05, 4.69) is 10.3 Å². The number of nitrogens with one attached hydrogen (secondary N) is 1. The van der Waals surface area contributed by atoms with Crippen LogP contribution in [0.3, 0.4) is 0 Å². The molecule has 1 rings (SSSR count). The maximum Gasteiger partial charge on any atom is 0.347 e. The lowest BCUT2D eigenvalue weighted by Crippen LogP contribution is -2.10. The van der Waals surface area contributed by atoms with Gasteiger partial charge in [0.1, 0.15) is 4.88 Å². The maximum atomic E-state index is 10.9. The van der Waals surface area contributed by atoms with Crippen molar-refractivity contribution in [1.82, 2.24) is 10.3 Å². The predicted molar refractivity (Wildman–Crippen MR) is 60.7 cm³/mol. The normalized spacial score (nSPS) is 10.5. The number of nitrogens with zero attached hydrogens (tertiary/aromatic N) is 1. The van der Waals surface area contributed by atoms with Gasteiger partial charge in [-0.2, -0.15) is 0 Å². The highest BCUT2D eigenvalue weighted by Gasteiger charge is 2.15. The molecule has 0 amide bonds. The summed E-state index contributed by atoms with van der Waals surface area (Å²) in [6, 6.07) is 0. The number of carboxylic acids is 1. The Kier molecular flexibility index (Phi) is 4.71. The molecule has 2 N–H and O–H groups in total. The van der Waals surface area contributed by atoms with Gasteiger partial charge >= 0.3 is 5.97 Å². The molecule has 0 spiro atoms. The molecule has 0 saturated heterocycles. The van der Waals surface area contributed by atoms with Gasteiger partial charge in [-0.25, -0.2) is 9.78 Å². The highest BCUT2D eigenvalue weighted by atomic mass is 32.1. The van der Waals surface area contributed by atoms with Gasteiger partial charge in [-0.15, -0.1) is 11.3 Å². The van der Waals surface area contributed by atoms with Crippen LogP contribution in [0, 0.1) is 0 Å². The maximum absolute atomic E-state index is 10.9. The van der Waals surface area contributed by atoms with Crippen LogP contribution in [0.25, 0.3) is 0 Å². The van der Waals surface area contributed by atoms with Crippen molar-refractivity contribution in [2.75, 3.05) is 13.6 Å². The first kappa shape index (κ1) is 12.1. The van der Waals surface area contributed by atoms with Crippen LogP contribution in [-0.2, 0) is 12.8 Å². The van der Waals surface area contributed by atoms with Crippen LogP contribution < -0.4 is 5.32 Å². The van der Waals surface area contributed by atoms with Crippen molar-refractivity contribution >= 4 is 17.3 Å². The monoisotopic (exact) mass is 228 g/mol. The minimum atomic E-state index is -0.855. The Morgan fingerprint density at radius 3 is 2.80 bits per heavy atom. The van der Waals surface area contributed by atoms with Crippen molar-refractivity contribution in [2.45, 2.75) is 26.2 Å². The van der Waals surface area contributed by atoms with Gasteiger partial charge in [-0.05, 0) is 13.5 Å². The van der Waals surface area contributed by atoms with Gasteiger partial charge in [0.15, 0.2) is 0 Å². The molecule has 0 fully saturated rings. The van der Waals surface area contributed by atoms with Gasteiger partial charge in [0.25, 0.3) is 0 Å². The van der Waals surface area contributed by atoms with Crippen LogP contribution in [0.5, 0.6) is 0 Å². The fraction of sp³-hybridized carbons (Fsp3) is 0.600. The molecule has 0 saturated carbocycles. The Morgan fingerprint density at radius 2 is 2.27 bits per heavy atom. The Balaban J connectivity index is 2.83. The van der Waals surface area contributed by atoms with Crippen molar-refractivity contribution < 1.29 is 9.90 Å². The standard InChI is InChI=1S/C10H16N2O2S/c1-3-4-7-9(10(13)14)15-8(12-7)5-6-11-2/h11H,3-6H2,1-2H3,(H,13,14). The van der Waals surface area contributed by atoms with Crippen molar-refractivity contribution in [3.05, 3.63) is 15.6 Å². The van der Waals surface area contributed by atoms with E-state index in [4.69, 9.17) is 5.11 Å². The number of likely N-dealkylation sites (N-methyl/N-ethyl adjacent to an activating group) is 1. The Bertz CT molecular complexity index is 336. The second-order valence-corrected chi connectivity index (χ2v) is 4.38. The number of aromatic nitrogens is 1. The molecule has 0 aliphatic carbocycles. The van der Waals surface area contributed by atoms with Gasteiger partial charge in [0.05, 0.1) is 10.7 Å². The molecule has 5 heteroatoms. The van der Waals surface area contributed by atoms with E-state index in [1.54, 1.807) is 0 Å². The zero-order valence-corrected chi connectivity index (χ0v) is 9.86. The first-order chi connectivity index (χ1) is 7.19. The Labute approximate surface area is 93.4 Å². The molecule has 1 aromatic heterocycles. The molecule has 84 valence electrons. The van der Waals surface area contributed by atoms with Crippen molar-refractivity contribution in [3.63, 3.8) is 0 Å². The van der Waals surface area contributed by atoms with Crippen LogP contribution in [0.4, 0.5) is 0 Å². The van der Waals surface area contributed by atoms with Crippen molar-refractivity contribution in [2.24, 2.45) is 0 Å². The van der Waals surface area contributed by atoms with E-state index in [1.807, 2.05) is 14.0 Å². The summed E-state index contributed by atoms with van der Waals surface area (Å²) in [6.07, 6.45) is 2.47. The average Bonchev–Trinajstić information content (AvgIpc) is 2.59. The molecule has 1 heterocycles. The molecule has 15 heavy (non-hydrogen) atoms. The average molecular weight is 228 g/mol. The van der Waals surface area contributed by atoms with Crippen LogP contribution in [0.15, 0.2) is 0 Å². The Morgan fingerprint density at radius 1 is 1.53 bits per heavy atom. The van der Waals surface area contributed by atoms with Crippen LogP contribution in [0.1, 0.15) is 33.7 Å². The van der Waals surface area contributed by atoms with E-state index in [-0.39, 0.29) is 0 Å². The molecule has 0 radical (unpaired) electrons. The third-order valence-corrected chi connectivity index (χ3v) is 3.16. The fourth-order valence-corrected chi connectivity index (χ4v) is 2.26. The summed E-state index contributed by atoms with van der Waals surface area (Å²) in [5.41, 5.74) is 0.737. The van der Waals surface area contributed by atoms with E-state index in [9.17, 15) is 4.79 Å². The van der Waals surface area contributed by atoms with Crippen molar-refractivity contribution in [1.29, 1.82) is 0 Å². The van der Waals surface area contributed by atoms with Crippen LogP contribution >= 0.6 is 11.3 Å². The summed E-state index contributed by atoms with van der Waals surface area (Å²) >= 11 is 1.30. The summed E-state index contributed by atoms with van der Waals surface area (Å²) < 4.78 is 0. The van der Waals surface area contributed by atoms with E-state index in [0.717, 1.165) is 36.5 Å². The third-order valence-electron chi connectivity index (χ3n) is 2.01. The zero-order chi connectivity index (χ0) is 11.3. The topological polar surface area (TPSA) is 62.2 Å². The summed E-state index contributed by atoms with van der Waals surface area (Å²) in [5, 5.41) is 12.9. The van der Waals surface area contributed by atoms with Gasteiger partial charge < -0.3 is 10.4 Å². The first-order valence-electron chi connectivity index (χ1n) is 5.05. The highest BCUT2D eigenvalue weighted by molar-refractivity contribution is 7.13. The zero-order valence-electron chi connectivity index (χ0n) is 9.04. The quantitative estimate of drug-likeness (QED) is 0.775. The summed E-state index contributed by atoms with van der Waals surface area (Å²) in [6.45, 7) is 2.86. The summed E-state index contributed by atoms with van der Waals surface area (Å²) in [7, 11) is 1.87. The molecule has 0 aliphatic rings. The number of hydrogen-bond donors (Lipinski definition) is 2. The van der Waals surface area contributed by atoms with Crippen LogP contribution in [0.2, 0.25) is 0 Å². The molecule has 0 aromatic carbocycles. The molecule has 4 nitrogen and oxygen atoms in total. The number of hydrogen-bond acceptors (Lipinski definition) is 4. The molecular formula is C10H16N2O2S. The molecule has 1 aromatic rings. The molecule has 0 atom stereocenters. The molecular weight excluding hydrogens is 212 g/mol.